The third kappa shape index (κ3) is 4.51. The van der Waals surface area contributed by atoms with Crippen LogP contribution in [0.3, 0.4) is 0 Å². The maximum Gasteiger partial charge on any atom is 0.325 e. The van der Waals surface area contributed by atoms with Crippen molar-refractivity contribution >= 4 is 17.7 Å². The van der Waals surface area contributed by atoms with Gasteiger partial charge in [-0.15, -0.1) is 0 Å². The Morgan fingerprint density at radius 1 is 1.03 bits per heavy atom. The molecule has 0 radical (unpaired) electrons. The van der Waals surface area contributed by atoms with Crippen molar-refractivity contribution in [2.45, 2.75) is 39.0 Å². The molecule has 3 heterocycles. The van der Waals surface area contributed by atoms with Crippen molar-refractivity contribution in [2.75, 3.05) is 13.2 Å². The van der Waals surface area contributed by atoms with Crippen molar-refractivity contribution in [3.05, 3.63) is 83.2 Å². The fourth-order valence-electron chi connectivity index (χ4n) is 4.66. The SMILES string of the molecule is Cc1cc(C(=O)CN2C(=O)N[C@@H](Cc3ccccc3)C2=O)c(C)n1C[C@@H]1COc2ccccc2O1. The Morgan fingerprint density at radius 3 is 2.51 bits per heavy atom. The minimum atomic E-state index is -0.670. The van der Waals surface area contributed by atoms with E-state index in [4.69, 9.17) is 9.47 Å². The number of carbonyl (C=O) groups excluding carboxylic acids is 3. The number of ether oxygens (including phenoxy) is 2. The maximum absolute atomic E-state index is 13.2. The second-order valence-corrected chi connectivity index (χ2v) is 8.93. The van der Waals surface area contributed by atoms with Gasteiger partial charge in [-0.2, -0.15) is 0 Å². The predicted octanol–water partition coefficient (Wildman–Crippen LogP) is 3.29. The number of ketones is 1. The number of hydrogen-bond donors (Lipinski definition) is 1. The standard InChI is InChI=1S/C27H27N3O5/c1-17-12-21(18(2)29(17)14-20-16-34-24-10-6-7-11-25(24)35-20)23(31)15-30-26(32)22(28-27(30)33)13-19-8-4-3-5-9-19/h3-12,20,22H,13-16H2,1-2H3,(H,28,33)/t20-,22+/m1/s1. The van der Waals surface area contributed by atoms with Crippen molar-refractivity contribution in [3.63, 3.8) is 0 Å². The van der Waals surface area contributed by atoms with Crippen LogP contribution < -0.4 is 14.8 Å². The molecule has 5 rings (SSSR count). The number of nitrogens with one attached hydrogen (secondary N) is 1. The summed E-state index contributed by atoms with van der Waals surface area (Å²) in [6.07, 6.45) is 0.180. The van der Waals surface area contributed by atoms with Gasteiger partial charge < -0.3 is 19.4 Å². The Bertz CT molecular complexity index is 1280. The molecule has 8 heteroatoms. The molecule has 2 aliphatic heterocycles. The van der Waals surface area contributed by atoms with E-state index in [1.807, 2.05) is 73.0 Å². The van der Waals surface area contributed by atoms with Crippen LogP contribution >= 0.6 is 0 Å². The first-order valence-electron chi connectivity index (χ1n) is 11.6. The molecular weight excluding hydrogens is 446 g/mol. The molecule has 0 bridgehead atoms. The zero-order chi connectivity index (χ0) is 24.5. The number of urea groups is 1. The van der Waals surface area contributed by atoms with Crippen molar-refractivity contribution in [2.24, 2.45) is 0 Å². The number of fused-ring (bicyclic) bond motifs is 1. The van der Waals surface area contributed by atoms with E-state index < -0.39 is 12.1 Å². The van der Waals surface area contributed by atoms with Crippen LogP contribution in [0, 0.1) is 13.8 Å². The summed E-state index contributed by atoms with van der Waals surface area (Å²) in [5.74, 6) is 0.762. The quantitative estimate of drug-likeness (QED) is 0.420. The Labute approximate surface area is 203 Å². The van der Waals surface area contributed by atoms with Crippen LogP contribution in [0.15, 0.2) is 60.7 Å². The van der Waals surface area contributed by atoms with Gasteiger partial charge in [-0.25, -0.2) is 4.79 Å². The van der Waals surface area contributed by atoms with Gasteiger partial charge in [0.25, 0.3) is 5.91 Å². The highest BCUT2D eigenvalue weighted by atomic mass is 16.6. The lowest BCUT2D eigenvalue weighted by molar-refractivity contribution is -0.127. The Hall–Kier alpha value is -4.07. The first-order valence-corrected chi connectivity index (χ1v) is 11.6. The number of rotatable bonds is 7. The van der Waals surface area contributed by atoms with Gasteiger partial charge in [-0.05, 0) is 37.6 Å². The number of nitrogens with zero attached hydrogens (tertiary/aromatic N) is 2. The van der Waals surface area contributed by atoms with E-state index in [2.05, 4.69) is 5.32 Å². The molecule has 180 valence electrons. The molecule has 1 aromatic heterocycles. The van der Waals surface area contributed by atoms with E-state index in [1.54, 1.807) is 6.07 Å². The van der Waals surface area contributed by atoms with Crippen molar-refractivity contribution in [1.82, 2.24) is 14.8 Å². The van der Waals surface area contributed by atoms with E-state index in [1.165, 1.54) is 0 Å². The van der Waals surface area contributed by atoms with Gasteiger partial charge in [0.1, 0.15) is 12.6 Å². The highest BCUT2D eigenvalue weighted by molar-refractivity contribution is 6.09. The first kappa shape index (κ1) is 22.7. The van der Waals surface area contributed by atoms with Crippen LogP contribution in [-0.2, 0) is 17.8 Å². The molecular formula is C27H27N3O5. The number of aryl methyl sites for hydroxylation is 1. The number of imide groups is 1. The smallest absolute Gasteiger partial charge is 0.325 e. The van der Waals surface area contributed by atoms with Crippen LogP contribution in [0.1, 0.15) is 27.3 Å². The van der Waals surface area contributed by atoms with E-state index >= 15 is 0 Å². The number of Topliss-reactive ketones (excluding diaryl/α,β-unsaturated/α-hetero) is 1. The molecule has 0 unspecified atom stereocenters. The van der Waals surface area contributed by atoms with Crippen LogP contribution in [0.25, 0.3) is 0 Å². The van der Waals surface area contributed by atoms with E-state index in [9.17, 15) is 14.4 Å². The molecule has 0 aliphatic carbocycles. The lowest BCUT2D eigenvalue weighted by Crippen LogP contribution is -2.36. The third-order valence-corrected chi connectivity index (χ3v) is 6.52. The lowest BCUT2D eigenvalue weighted by atomic mass is 10.1. The van der Waals surface area contributed by atoms with Gasteiger partial charge in [0.05, 0.1) is 13.1 Å². The molecule has 1 N–H and O–H groups in total. The van der Waals surface area contributed by atoms with Crippen LogP contribution in [0.5, 0.6) is 11.5 Å². The molecule has 3 amide bonds. The Balaban J connectivity index is 1.26. The van der Waals surface area contributed by atoms with E-state index in [0.717, 1.165) is 27.6 Å². The fraction of sp³-hybridized carbons (Fsp3) is 0.296. The number of carbonyl (C=O) groups is 3. The average molecular weight is 474 g/mol. The number of hydrogen-bond acceptors (Lipinski definition) is 5. The maximum atomic E-state index is 13.2. The van der Waals surface area contributed by atoms with Crippen molar-refractivity contribution in [3.8, 4) is 11.5 Å². The molecule has 35 heavy (non-hydrogen) atoms. The molecule has 0 saturated carbocycles. The van der Waals surface area contributed by atoms with E-state index in [0.29, 0.717) is 30.9 Å². The summed E-state index contributed by atoms with van der Waals surface area (Å²) in [6.45, 7) is 4.41. The van der Waals surface area contributed by atoms with E-state index in [-0.39, 0.29) is 24.3 Å². The monoisotopic (exact) mass is 473 g/mol. The second-order valence-electron chi connectivity index (χ2n) is 8.93. The zero-order valence-corrected chi connectivity index (χ0v) is 19.7. The molecule has 2 aromatic carbocycles. The molecule has 3 aromatic rings. The van der Waals surface area contributed by atoms with Crippen LogP contribution in [-0.4, -0.2) is 52.5 Å². The van der Waals surface area contributed by atoms with Gasteiger partial charge in [0.15, 0.2) is 23.4 Å². The Kier molecular flexibility index (Phi) is 6.03. The predicted molar refractivity (Wildman–Crippen MR) is 129 cm³/mol. The average Bonchev–Trinajstić information content (AvgIpc) is 3.29. The van der Waals surface area contributed by atoms with Gasteiger partial charge in [-0.1, -0.05) is 42.5 Å². The number of benzene rings is 2. The van der Waals surface area contributed by atoms with Gasteiger partial charge in [0.2, 0.25) is 0 Å². The molecule has 0 spiro atoms. The number of aromatic nitrogens is 1. The normalized spacial score (nSPS) is 19.1. The summed E-state index contributed by atoms with van der Waals surface area (Å²) in [5.41, 5.74) is 3.10. The minimum Gasteiger partial charge on any atom is -0.486 e. The highest BCUT2D eigenvalue weighted by Crippen LogP contribution is 2.31. The molecule has 8 nitrogen and oxygen atoms in total. The molecule has 1 fully saturated rings. The van der Waals surface area contributed by atoms with Crippen molar-refractivity contribution in [1.29, 1.82) is 0 Å². The largest absolute Gasteiger partial charge is 0.486 e. The van der Waals surface area contributed by atoms with Gasteiger partial charge >= 0.3 is 6.03 Å². The first-order chi connectivity index (χ1) is 16.9. The topological polar surface area (TPSA) is 89.9 Å². The highest BCUT2D eigenvalue weighted by Gasteiger charge is 2.39. The summed E-state index contributed by atoms with van der Waals surface area (Å²) in [6, 6.07) is 17.6. The lowest BCUT2D eigenvalue weighted by Gasteiger charge is -2.27. The van der Waals surface area contributed by atoms with Crippen LogP contribution in [0.2, 0.25) is 0 Å². The number of para-hydroxylation sites is 2. The Morgan fingerprint density at radius 2 is 1.74 bits per heavy atom. The summed E-state index contributed by atoms with van der Waals surface area (Å²) in [4.78, 5) is 39.5. The van der Waals surface area contributed by atoms with Crippen molar-refractivity contribution < 1.29 is 23.9 Å². The summed E-state index contributed by atoms with van der Waals surface area (Å²) < 4.78 is 13.9. The van der Waals surface area contributed by atoms with Gasteiger partial charge in [0, 0.05) is 23.4 Å². The summed E-state index contributed by atoms with van der Waals surface area (Å²) >= 11 is 0. The molecule has 2 atom stereocenters. The molecule has 2 aliphatic rings. The molecule has 1 saturated heterocycles. The number of amides is 3. The van der Waals surface area contributed by atoms with Crippen LogP contribution in [0.4, 0.5) is 4.79 Å². The minimum absolute atomic E-state index is 0.206. The third-order valence-electron chi connectivity index (χ3n) is 6.52. The fourth-order valence-corrected chi connectivity index (χ4v) is 4.66. The van der Waals surface area contributed by atoms with Gasteiger partial charge in [-0.3, -0.25) is 14.5 Å². The summed E-state index contributed by atoms with van der Waals surface area (Å²) in [5, 5.41) is 2.70. The summed E-state index contributed by atoms with van der Waals surface area (Å²) in [7, 11) is 0. The zero-order valence-electron chi connectivity index (χ0n) is 19.7. The second kappa shape index (κ2) is 9.29.